The van der Waals surface area contributed by atoms with Gasteiger partial charge < -0.3 is 5.32 Å². The Morgan fingerprint density at radius 3 is 2.50 bits per heavy atom. The van der Waals surface area contributed by atoms with E-state index in [0.717, 1.165) is 21.3 Å². The Labute approximate surface area is 143 Å². The molecule has 0 fully saturated rings. The van der Waals surface area contributed by atoms with E-state index in [1.165, 1.54) is 23.5 Å². The van der Waals surface area contributed by atoms with Gasteiger partial charge in [-0.2, -0.15) is 5.26 Å². The van der Waals surface area contributed by atoms with Crippen LogP contribution in [-0.2, 0) is 6.42 Å². The fraction of sp³-hybridized carbons (Fsp3) is 0.167. The maximum atomic E-state index is 12.9. The quantitative estimate of drug-likeness (QED) is 0.753. The highest BCUT2D eigenvalue weighted by molar-refractivity contribution is 7.15. The van der Waals surface area contributed by atoms with Gasteiger partial charge in [-0.15, -0.1) is 10.2 Å². The van der Waals surface area contributed by atoms with Crippen molar-refractivity contribution in [3.05, 3.63) is 76.0 Å². The zero-order valence-corrected chi connectivity index (χ0v) is 13.8. The third-order valence-electron chi connectivity index (χ3n) is 3.62. The molecule has 120 valence electrons. The van der Waals surface area contributed by atoms with Gasteiger partial charge in [0.25, 0.3) is 0 Å². The topological polar surface area (TPSA) is 61.6 Å². The lowest BCUT2D eigenvalue weighted by Gasteiger charge is -2.12. The fourth-order valence-electron chi connectivity index (χ4n) is 2.28. The lowest BCUT2D eigenvalue weighted by Crippen LogP contribution is -2.06. The predicted molar refractivity (Wildman–Crippen MR) is 92.3 cm³/mol. The van der Waals surface area contributed by atoms with Crippen LogP contribution in [0.15, 0.2) is 48.5 Å². The maximum absolute atomic E-state index is 12.9. The fourth-order valence-corrected chi connectivity index (χ4v) is 3.14. The number of nitrogens with zero attached hydrogens (tertiary/aromatic N) is 3. The second kappa shape index (κ2) is 7.20. The van der Waals surface area contributed by atoms with E-state index >= 15 is 0 Å². The van der Waals surface area contributed by atoms with Crippen LogP contribution < -0.4 is 5.32 Å². The molecule has 4 nitrogen and oxygen atoms in total. The van der Waals surface area contributed by atoms with Gasteiger partial charge in [-0.25, -0.2) is 4.39 Å². The average Bonchev–Trinajstić information content (AvgIpc) is 3.04. The molecule has 3 aromatic rings. The largest absolute Gasteiger partial charge is 0.354 e. The molecule has 0 aliphatic rings. The van der Waals surface area contributed by atoms with Gasteiger partial charge >= 0.3 is 0 Å². The van der Waals surface area contributed by atoms with Gasteiger partial charge in [0.05, 0.1) is 17.7 Å². The summed E-state index contributed by atoms with van der Waals surface area (Å²) in [6.45, 7) is 2.03. The number of benzene rings is 2. The Balaban J connectivity index is 1.64. The van der Waals surface area contributed by atoms with Gasteiger partial charge in [-0.1, -0.05) is 35.6 Å². The molecule has 0 amide bonds. The highest BCUT2D eigenvalue weighted by Crippen LogP contribution is 2.24. The summed E-state index contributed by atoms with van der Waals surface area (Å²) in [5, 5.41) is 22.1. The van der Waals surface area contributed by atoms with Crippen LogP contribution in [0.2, 0.25) is 0 Å². The molecule has 2 aromatic carbocycles. The number of hydrogen-bond acceptors (Lipinski definition) is 5. The molecule has 1 heterocycles. The first kappa shape index (κ1) is 16.1. The summed E-state index contributed by atoms with van der Waals surface area (Å²) >= 11 is 1.48. The van der Waals surface area contributed by atoms with Crippen molar-refractivity contribution in [2.24, 2.45) is 0 Å². The first-order chi connectivity index (χ1) is 11.6. The Morgan fingerprint density at radius 2 is 1.83 bits per heavy atom. The SMILES string of the molecule is CC(Nc1nnc(Cc2ccc(F)cc2)s1)c1ccc(C#N)cc1. The molecular weight excluding hydrogens is 323 g/mol. The van der Waals surface area contributed by atoms with Crippen LogP contribution in [0, 0.1) is 17.1 Å². The molecule has 6 heteroatoms. The summed E-state index contributed by atoms with van der Waals surface area (Å²) < 4.78 is 12.9. The standard InChI is InChI=1S/C18H15FN4S/c1-12(15-6-2-14(11-20)3-7-15)21-18-23-22-17(24-18)10-13-4-8-16(19)9-5-13/h2-9,12H,10H2,1H3,(H,21,23). The van der Waals surface area contributed by atoms with Crippen molar-refractivity contribution >= 4 is 16.5 Å². The van der Waals surface area contributed by atoms with Crippen molar-refractivity contribution in [3.8, 4) is 6.07 Å². The highest BCUT2D eigenvalue weighted by atomic mass is 32.1. The Kier molecular flexibility index (Phi) is 4.82. The van der Waals surface area contributed by atoms with E-state index in [1.54, 1.807) is 24.3 Å². The lowest BCUT2D eigenvalue weighted by atomic mass is 10.1. The predicted octanol–water partition coefficient (Wildman–Crippen LogP) is 4.31. The summed E-state index contributed by atoms with van der Waals surface area (Å²) in [5.41, 5.74) is 2.71. The van der Waals surface area contributed by atoms with E-state index in [2.05, 4.69) is 21.6 Å². The minimum atomic E-state index is -0.241. The van der Waals surface area contributed by atoms with Crippen molar-refractivity contribution in [2.75, 3.05) is 5.32 Å². The van der Waals surface area contributed by atoms with Gasteiger partial charge in [0.1, 0.15) is 10.8 Å². The Hall–Kier alpha value is -2.78. The number of aromatic nitrogens is 2. The normalized spacial score (nSPS) is 11.7. The molecule has 1 atom stereocenters. The molecule has 1 unspecified atom stereocenters. The van der Waals surface area contributed by atoms with Gasteiger partial charge in [0.2, 0.25) is 5.13 Å². The molecule has 1 N–H and O–H groups in total. The maximum Gasteiger partial charge on any atom is 0.206 e. The molecular formula is C18H15FN4S. The molecule has 0 aliphatic carbocycles. The van der Waals surface area contributed by atoms with E-state index in [9.17, 15) is 4.39 Å². The van der Waals surface area contributed by atoms with Crippen molar-refractivity contribution < 1.29 is 4.39 Å². The van der Waals surface area contributed by atoms with Crippen molar-refractivity contribution in [1.29, 1.82) is 5.26 Å². The molecule has 0 bridgehead atoms. The number of anilines is 1. The van der Waals surface area contributed by atoms with Crippen LogP contribution in [0.25, 0.3) is 0 Å². The first-order valence-corrected chi connectivity index (χ1v) is 8.29. The number of halogens is 1. The van der Waals surface area contributed by atoms with Crippen LogP contribution in [0.3, 0.4) is 0 Å². The first-order valence-electron chi connectivity index (χ1n) is 7.47. The highest BCUT2D eigenvalue weighted by Gasteiger charge is 2.10. The van der Waals surface area contributed by atoms with E-state index < -0.39 is 0 Å². The zero-order valence-electron chi connectivity index (χ0n) is 13.0. The third-order valence-corrected chi connectivity index (χ3v) is 4.47. The third kappa shape index (κ3) is 3.94. The summed E-state index contributed by atoms with van der Waals surface area (Å²) in [4.78, 5) is 0. The van der Waals surface area contributed by atoms with Crippen LogP contribution in [0.5, 0.6) is 0 Å². The van der Waals surface area contributed by atoms with Crippen LogP contribution >= 0.6 is 11.3 Å². The second-order valence-corrected chi connectivity index (χ2v) is 6.47. The number of rotatable bonds is 5. The summed E-state index contributed by atoms with van der Waals surface area (Å²) in [5.74, 6) is -0.241. The van der Waals surface area contributed by atoms with Crippen molar-refractivity contribution in [1.82, 2.24) is 10.2 Å². The summed E-state index contributed by atoms with van der Waals surface area (Å²) in [6.07, 6.45) is 0.630. The summed E-state index contributed by atoms with van der Waals surface area (Å²) in [7, 11) is 0. The monoisotopic (exact) mass is 338 g/mol. The molecule has 1 aromatic heterocycles. The zero-order chi connectivity index (χ0) is 16.9. The molecule has 24 heavy (non-hydrogen) atoms. The number of hydrogen-bond donors (Lipinski definition) is 1. The van der Waals surface area contributed by atoms with Crippen LogP contribution in [0.4, 0.5) is 9.52 Å². The molecule has 0 spiro atoms. The lowest BCUT2D eigenvalue weighted by molar-refractivity contribution is 0.627. The molecule has 0 radical (unpaired) electrons. The van der Waals surface area contributed by atoms with Gasteiger partial charge in [0.15, 0.2) is 0 Å². The molecule has 3 rings (SSSR count). The average molecular weight is 338 g/mol. The van der Waals surface area contributed by atoms with E-state index in [4.69, 9.17) is 5.26 Å². The van der Waals surface area contributed by atoms with Crippen LogP contribution in [-0.4, -0.2) is 10.2 Å². The van der Waals surface area contributed by atoms with E-state index in [0.29, 0.717) is 12.0 Å². The van der Waals surface area contributed by atoms with Gasteiger partial charge in [0, 0.05) is 6.42 Å². The Bertz CT molecular complexity index is 850. The van der Waals surface area contributed by atoms with Crippen molar-refractivity contribution in [3.63, 3.8) is 0 Å². The van der Waals surface area contributed by atoms with Gasteiger partial charge in [-0.05, 0) is 42.3 Å². The van der Waals surface area contributed by atoms with E-state index in [-0.39, 0.29) is 11.9 Å². The minimum absolute atomic E-state index is 0.0596. The van der Waals surface area contributed by atoms with E-state index in [1.807, 2.05) is 19.1 Å². The number of nitriles is 1. The smallest absolute Gasteiger partial charge is 0.206 e. The molecule has 0 saturated carbocycles. The van der Waals surface area contributed by atoms with Gasteiger partial charge in [-0.3, -0.25) is 0 Å². The molecule has 0 aliphatic heterocycles. The number of nitrogens with one attached hydrogen (secondary N) is 1. The van der Waals surface area contributed by atoms with Crippen molar-refractivity contribution in [2.45, 2.75) is 19.4 Å². The summed E-state index contributed by atoms with van der Waals surface area (Å²) in [6, 6.07) is 16.0. The molecule has 0 saturated heterocycles. The Morgan fingerprint density at radius 1 is 1.12 bits per heavy atom. The van der Waals surface area contributed by atoms with Crippen LogP contribution in [0.1, 0.15) is 34.7 Å². The second-order valence-electron chi connectivity index (χ2n) is 5.40. The minimum Gasteiger partial charge on any atom is -0.354 e.